The molecule has 0 saturated heterocycles. The maximum Gasteiger partial charge on any atom is 0.285 e. The molecule has 8 heteroatoms. The van der Waals surface area contributed by atoms with Crippen molar-refractivity contribution in [2.75, 3.05) is 6.54 Å². The van der Waals surface area contributed by atoms with Crippen molar-refractivity contribution < 1.29 is 13.3 Å². The van der Waals surface area contributed by atoms with Crippen molar-refractivity contribution in [3.63, 3.8) is 0 Å². The van der Waals surface area contributed by atoms with Crippen LogP contribution in [0.1, 0.15) is 42.7 Å². The molecular weight excluding hydrogens is 376 g/mol. The predicted molar refractivity (Wildman–Crippen MR) is 105 cm³/mol. The van der Waals surface area contributed by atoms with E-state index < -0.39 is 12.5 Å². The minimum absolute atomic E-state index is 0.0890. The van der Waals surface area contributed by atoms with E-state index in [4.69, 9.17) is 10.3 Å². The zero-order valence-corrected chi connectivity index (χ0v) is 17.1. The third-order valence-corrected chi connectivity index (χ3v) is 5.74. The summed E-state index contributed by atoms with van der Waals surface area (Å²) in [6, 6.07) is 4.57. The van der Waals surface area contributed by atoms with E-state index in [-0.39, 0.29) is 11.0 Å². The average Bonchev–Trinajstić information content (AvgIpc) is 3.26. The number of halogens is 2. The smallest absolute Gasteiger partial charge is 0.285 e. The van der Waals surface area contributed by atoms with Crippen molar-refractivity contribution in [2.45, 2.75) is 46.0 Å². The molecule has 29 heavy (non-hydrogen) atoms. The summed E-state index contributed by atoms with van der Waals surface area (Å²) in [4.78, 5) is 4.50. The summed E-state index contributed by atoms with van der Waals surface area (Å²) < 4.78 is 35.3. The van der Waals surface area contributed by atoms with Gasteiger partial charge in [-0.15, -0.1) is 0 Å². The molecule has 0 unspecified atom stereocenters. The molecule has 0 atom stereocenters. The quantitative estimate of drug-likeness (QED) is 0.714. The van der Waals surface area contributed by atoms with E-state index in [1.165, 1.54) is 11.8 Å². The average molecular weight is 401 g/mol. The molecule has 1 aliphatic carbocycles. The molecule has 1 aliphatic rings. The first-order chi connectivity index (χ1) is 13.6. The zero-order chi connectivity index (χ0) is 21.0. The normalized spacial score (nSPS) is 16.1. The van der Waals surface area contributed by atoms with Gasteiger partial charge >= 0.3 is 0 Å². The van der Waals surface area contributed by atoms with E-state index in [1.807, 2.05) is 11.7 Å². The highest BCUT2D eigenvalue weighted by atomic mass is 19.3. The largest absolute Gasteiger partial charge is 0.332 e. The van der Waals surface area contributed by atoms with Crippen LogP contribution in [0.5, 0.6) is 0 Å². The third kappa shape index (κ3) is 3.46. The molecule has 0 aliphatic heterocycles. The second kappa shape index (κ2) is 6.73. The Morgan fingerprint density at radius 1 is 1.31 bits per heavy atom. The van der Waals surface area contributed by atoms with Crippen molar-refractivity contribution in [2.24, 2.45) is 18.2 Å². The molecule has 4 rings (SSSR count). The monoisotopic (exact) mass is 401 g/mol. The summed E-state index contributed by atoms with van der Waals surface area (Å²) in [5.41, 5.74) is 9.45. The van der Waals surface area contributed by atoms with Gasteiger partial charge in [0.15, 0.2) is 5.69 Å². The molecule has 3 aromatic rings. The third-order valence-electron chi connectivity index (χ3n) is 5.74. The molecule has 2 heterocycles. The van der Waals surface area contributed by atoms with Crippen LogP contribution in [0, 0.1) is 12.3 Å². The zero-order valence-electron chi connectivity index (χ0n) is 17.1. The lowest BCUT2D eigenvalue weighted by Crippen LogP contribution is -2.26. The van der Waals surface area contributed by atoms with Crippen molar-refractivity contribution in [1.82, 2.24) is 19.9 Å². The Balaban J connectivity index is 1.68. The van der Waals surface area contributed by atoms with E-state index in [1.54, 1.807) is 19.1 Å². The van der Waals surface area contributed by atoms with Crippen LogP contribution in [0.15, 0.2) is 22.7 Å². The SMILES string of the molecule is Cc1cc(-c2noc(-c3nn(C)c4c3CCC(C)(C)C4)n2)ccc1C(F)(F)CN. The molecule has 0 spiro atoms. The van der Waals surface area contributed by atoms with Crippen LogP contribution >= 0.6 is 0 Å². The van der Waals surface area contributed by atoms with E-state index in [0.29, 0.717) is 28.5 Å². The lowest BCUT2D eigenvalue weighted by Gasteiger charge is -2.29. The van der Waals surface area contributed by atoms with Crippen LogP contribution in [-0.4, -0.2) is 26.5 Å². The molecule has 0 radical (unpaired) electrons. The summed E-state index contributed by atoms with van der Waals surface area (Å²) in [5, 5.41) is 8.67. The topological polar surface area (TPSA) is 82.8 Å². The van der Waals surface area contributed by atoms with Crippen LogP contribution in [0.2, 0.25) is 0 Å². The van der Waals surface area contributed by atoms with Crippen molar-refractivity contribution >= 4 is 0 Å². The molecule has 2 aromatic heterocycles. The Bertz CT molecular complexity index is 1070. The summed E-state index contributed by atoms with van der Waals surface area (Å²) in [6.45, 7) is 5.41. The van der Waals surface area contributed by atoms with Crippen molar-refractivity contribution in [3.8, 4) is 23.0 Å². The number of nitrogens with two attached hydrogens (primary N) is 1. The van der Waals surface area contributed by atoms with Gasteiger partial charge in [-0.2, -0.15) is 18.9 Å². The van der Waals surface area contributed by atoms with Gasteiger partial charge in [0, 0.05) is 29.4 Å². The van der Waals surface area contributed by atoms with E-state index in [9.17, 15) is 8.78 Å². The highest BCUT2D eigenvalue weighted by Gasteiger charge is 2.33. The van der Waals surface area contributed by atoms with Gasteiger partial charge in [0.05, 0.1) is 6.54 Å². The van der Waals surface area contributed by atoms with Crippen LogP contribution in [0.4, 0.5) is 8.78 Å². The summed E-state index contributed by atoms with van der Waals surface area (Å²) in [6.07, 6.45) is 2.92. The molecule has 0 saturated carbocycles. The molecule has 0 fully saturated rings. The number of rotatable bonds is 4. The van der Waals surface area contributed by atoms with Crippen molar-refractivity contribution in [1.29, 1.82) is 0 Å². The van der Waals surface area contributed by atoms with Crippen molar-refractivity contribution in [3.05, 3.63) is 40.6 Å². The second-order valence-corrected chi connectivity index (χ2v) is 8.60. The van der Waals surface area contributed by atoms with Gasteiger partial charge in [0.1, 0.15) is 0 Å². The Kier molecular flexibility index (Phi) is 4.57. The number of benzene rings is 1. The fourth-order valence-corrected chi connectivity index (χ4v) is 4.02. The highest BCUT2D eigenvalue weighted by Crippen LogP contribution is 2.39. The number of hydrogen-bond donors (Lipinski definition) is 1. The summed E-state index contributed by atoms with van der Waals surface area (Å²) in [5.74, 6) is -2.36. The Labute approximate surface area is 168 Å². The number of fused-ring (bicyclic) bond motifs is 1. The number of nitrogens with zero attached hydrogens (tertiary/aromatic N) is 4. The molecule has 0 bridgehead atoms. The lowest BCUT2D eigenvalue weighted by molar-refractivity contribution is 0.00534. The predicted octanol–water partition coefficient (Wildman–Crippen LogP) is 4.01. The fourth-order valence-electron chi connectivity index (χ4n) is 4.02. The lowest BCUT2D eigenvalue weighted by atomic mass is 9.76. The maximum atomic E-state index is 13.9. The molecule has 154 valence electrons. The minimum Gasteiger partial charge on any atom is -0.332 e. The van der Waals surface area contributed by atoms with Gasteiger partial charge in [-0.1, -0.05) is 31.1 Å². The number of aromatic nitrogens is 4. The Hall–Kier alpha value is -2.61. The van der Waals surface area contributed by atoms with Crippen LogP contribution in [0.3, 0.4) is 0 Å². The van der Waals surface area contributed by atoms with Gasteiger partial charge in [-0.3, -0.25) is 4.68 Å². The van der Waals surface area contributed by atoms with E-state index in [0.717, 1.165) is 24.8 Å². The summed E-state index contributed by atoms with van der Waals surface area (Å²) in [7, 11) is 1.93. The highest BCUT2D eigenvalue weighted by molar-refractivity contribution is 5.62. The standard InChI is InChI=1S/C21H25F2N5O/c1-12-9-13(5-6-15(12)21(22,23)11-24)18-25-19(29-27-18)17-14-7-8-20(2,3)10-16(14)28(4)26-17/h5-6,9H,7-8,10-11,24H2,1-4H3. The number of hydrogen-bond acceptors (Lipinski definition) is 5. The molecule has 2 N–H and O–H groups in total. The first kappa shape index (κ1) is 19.7. The molecular formula is C21H25F2N5O. The van der Waals surface area contributed by atoms with Gasteiger partial charge in [0.25, 0.3) is 11.8 Å². The van der Waals surface area contributed by atoms with Gasteiger partial charge < -0.3 is 10.3 Å². The van der Waals surface area contributed by atoms with Gasteiger partial charge in [0.2, 0.25) is 5.82 Å². The minimum atomic E-state index is -3.06. The van der Waals surface area contributed by atoms with E-state index >= 15 is 0 Å². The van der Waals surface area contributed by atoms with Crippen LogP contribution in [0.25, 0.3) is 23.0 Å². The van der Waals surface area contributed by atoms with Crippen LogP contribution < -0.4 is 5.73 Å². The second-order valence-electron chi connectivity index (χ2n) is 8.60. The molecule has 0 amide bonds. The Morgan fingerprint density at radius 2 is 2.07 bits per heavy atom. The maximum absolute atomic E-state index is 13.9. The van der Waals surface area contributed by atoms with Crippen LogP contribution in [-0.2, 0) is 25.8 Å². The van der Waals surface area contributed by atoms with Gasteiger partial charge in [-0.25, -0.2) is 0 Å². The fraction of sp³-hybridized carbons (Fsp3) is 0.476. The summed E-state index contributed by atoms with van der Waals surface area (Å²) >= 11 is 0. The molecule has 1 aromatic carbocycles. The number of alkyl halides is 2. The Morgan fingerprint density at radius 3 is 2.76 bits per heavy atom. The van der Waals surface area contributed by atoms with Gasteiger partial charge in [-0.05, 0) is 43.2 Å². The number of aryl methyl sites for hydroxylation is 2. The first-order valence-corrected chi connectivity index (χ1v) is 9.69. The van der Waals surface area contributed by atoms with E-state index in [2.05, 4.69) is 29.1 Å². The molecule has 6 nitrogen and oxygen atoms in total. The first-order valence-electron chi connectivity index (χ1n) is 9.69.